The molecule has 2 aromatic rings. The molecular formula is C16H25N5O3S. The molecule has 1 unspecified atom stereocenters. The van der Waals surface area contributed by atoms with Crippen molar-refractivity contribution in [3.05, 3.63) is 36.4 Å². The van der Waals surface area contributed by atoms with Crippen molar-refractivity contribution in [2.24, 2.45) is 12.8 Å². The first-order valence-corrected chi connectivity index (χ1v) is 9.72. The summed E-state index contributed by atoms with van der Waals surface area (Å²) in [4.78, 5) is 4.25. The van der Waals surface area contributed by atoms with Gasteiger partial charge in [-0.15, -0.1) is 0 Å². The number of hydrogen-bond acceptors (Lipinski definition) is 6. The van der Waals surface area contributed by atoms with Crippen molar-refractivity contribution in [2.45, 2.75) is 43.7 Å². The molecule has 0 spiro atoms. The molecule has 1 heterocycles. The SMILES string of the molecule is CCCCC(CN)NS(=O)(=O)c1ccc(OCc2ncnn2C)cc1. The first kappa shape index (κ1) is 19.4. The van der Waals surface area contributed by atoms with Crippen molar-refractivity contribution in [2.75, 3.05) is 6.54 Å². The molecule has 0 saturated carbocycles. The van der Waals surface area contributed by atoms with E-state index in [4.69, 9.17) is 10.5 Å². The lowest BCUT2D eigenvalue weighted by Crippen LogP contribution is -2.40. The molecule has 0 radical (unpaired) electrons. The smallest absolute Gasteiger partial charge is 0.240 e. The number of sulfonamides is 1. The molecule has 0 aliphatic heterocycles. The van der Waals surface area contributed by atoms with Gasteiger partial charge < -0.3 is 10.5 Å². The van der Waals surface area contributed by atoms with Crippen LogP contribution in [0.1, 0.15) is 32.0 Å². The lowest BCUT2D eigenvalue weighted by Gasteiger charge is -2.16. The Labute approximate surface area is 148 Å². The summed E-state index contributed by atoms with van der Waals surface area (Å²) in [5.74, 6) is 1.24. The summed E-state index contributed by atoms with van der Waals surface area (Å²) in [5, 5.41) is 3.96. The zero-order valence-electron chi connectivity index (χ0n) is 14.6. The summed E-state index contributed by atoms with van der Waals surface area (Å²) in [5.41, 5.74) is 5.66. The second-order valence-electron chi connectivity index (χ2n) is 5.76. The molecular weight excluding hydrogens is 342 g/mol. The molecule has 0 aliphatic rings. The maximum atomic E-state index is 12.4. The summed E-state index contributed by atoms with van der Waals surface area (Å²) in [6.45, 7) is 2.59. The number of hydrogen-bond donors (Lipinski definition) is 2. The van der Waals surface area contributed by atoms with Gasteiger partial charge in [-0.1, -0.05) is 19.8 Å². The van der Waals surface area contributed by atoms with Crippen molar-refractivity contribution >= 4 is 10.0 Å². The minimum Gasteiger partial charge on any atom is -0.486 e. The molecule has 1 aromatic heterocycles. The molecule has 1 atom stereocenters. The van der Waals surface area contributed by atoms with Crippen LogP contribution in [0.3, 0.4) is 0 Å². The molecule has 0 saturated heterocycles. The number of ether oxygens (including phenoxy) is 1. The fourth-order valence-corrected chi connectivity index (χ4v) is 3.56. The fourth-order valence-electron chi connectivity index (χ4n) is 2.28. The third-order valence-electron chi connectivity index (χ3n) is 3.82. The van der Waals surface area contributed by atoms with Gasteiger partial charge in [0.05, 0.1) is 4.90 Å². The van der Waals surface area contributed by atoms with Gasteiger partial charge in [-0.3, -0.25) is 4.68 Å². The van der Waals surface area contributed by atoms with Crippen molar-refractivity contribution < 1.29 is 13.2 Å². The lowest BCUT2D eigenvalue weighted by atomic mass is 10.1. The number of nitrogens with two attached hydrogens (primary N) is 1. The minimum atomic E-state index is -3.60. The van der Waals surface area contributed by atoms with Crippen LogP contribution < -0.4 is 15.2 Å². The Bertz CT molecular complexity index is 758. The van der Waals surface area contributed by atoms with Gasteiger partial charge in [-0.2, -0.15) is 5.10 Å². The van der Waals surface area contributed by atoms with Crippen molar-refractivity contribution in [1.29, 1.82) is 0 Å². The maximum absolute atomic E-state index is 12.4. The maximum Gasteiger partial charge on any atom is 0.240 e. The van der Waals surface area contributed by atoms with Gasteiger partial charge in [0.2, 0.25) is 10.0 Å². The second-order valence-corrected chi connectivity index (χ2v) is 7.47. The number of benzene rings is 1. The summed E-state index contributed by atoms with van der Waals surface area (Å²) in [6.07, 6.45) is 4.10. The normalized spacial score (nSPS) is 12.9. The van der Waals surface area contributed by atoms with Gasteiger partial charge in [0.1, 0.15) is 18.7 Å². The van der Waals surface area contributed by atoms with Crippen LogP contribution in [0.4, 0.5) is 0 Å². The molecule has 3 N–H and O–H groups in total. The van der Waals surface area contributed by atoms with Crippen LogP contribution in [0.5, 0.6) is 5.75 Å². The van der Waals surface area contributed by atoms with Gasteiger partial charge in [0.15, 0.2) is 5.82 Å². The highest BCUT2D eigenvalue weighted by atomic mass is 32.2. The summed E-state index contributed by atoms with van der Waals surface area (Å²) in [6, 6.07) is 6.02. The highest BCUT2D eigenvalue weighted by molar-refractivity contribution is 7.89. The lowest BCUT2D eigenvalue weighted by molar-refractivity contribution is 0.289. The van der Waals surface area contributed by atoms with Crippen LogP contribution in [0.25, 0.3) is 0 Å². The van der Waals surface area contributed by atoms with Crippen LogP contribution in [0.2, 0.25) is 0 Å². The van der Waals surface area contributed by atoms with Crippen LogP contribution >= 0.6 is 0 Å². The van der Waals surface area contributed by atoms with Crippen molar-refractivity contribution in [3.8, 4) is 5.75 Å². The summed E-state index contributed by atoms with van der Waals surface area (Å²) in [7, 11) is -1.82. The molecule has 9 heteroatoms. The monoisotopic (exact) mass is 367 g/mol. The van der Waals surface area contributed by atoms with Crippen LogP contribution in [-0.4, -0.2) is 35.8 Å². The second kappa shape index (κ2) is 8.93. The van der Waals surface area contributed by atoms with Gasteiger partial charge in [-0.25, -0.2) is 18.1 Å². The Balaban J connectivity index is 1.98. The zero-order chi connectivity index (χ0) is 18.3. The van der Waals surface area contributed by atoms with Gasteiger partial charge in [0, 0.05) is 19.6 Å². The van der Waals surface area contributed by atoms with E-state index < -0.39 is 10.0 Å². The van der Waals surface area contributed by atoms with Gasteiger partial charge >= 0.3 is 0 Å². The average molecular weight is 367 g/mol. The van der Waals surface area contributed by atoms with E-state index in [9.17, 15) is 8.42 Å². The molecule has 0 aliphatic carbocycles. The van der Waals surface area contributed by atoms with Crippen LogP contribution in [0, 0.1) is 0 Å². The zero-order valence-corrected chi connectivity index (χ0v) is 15.4. The van der Waals surface area contributed by atoms with E-state index in [2.05, 4.69) is 21.7 Å². The molecule has 25 heavy (non-hydrogen) atoms. The highest BCUT2D eigenvalue weighted by Crippen LogP contribution is 2.17. The van der Waals surface area contributed by atoms with E-state index in [0.717, 1.165) is 19.3 Å². The van der Waals surface area contributed by atoms with Gasteiger partial charge in [-0.05, 0) is 30.7 Å². The number of unbranched alkanes of at least 4 members (excludes halogenated alkanes) is 1. The molecule has 0 fully saturated rings. The standard InChI is InChI=1S/C16H25N5O3S/c1-3-4-5-13(10-17)20-25(22,23)15-8-6-14(7-9-15)24-11-16-18-12-19-21(16)2/h6-9,12-13,20H,3-5,10-11,17H2,1-2H3. The summed E-state index contributed by atoms with van der Waals surface area (Å²) < 4.78 is 34.7. The molecule has 138 valence electrons. The predicted octanol–water partition coefficient (Wildman–Crippen LogP) is 1.19. The van der Waals surface area contributed by atoms with Crippen molar-refractivity contribution in [1.82, 2.24) is 19.5 Å². The van der Waals surface area contributed by atoms with Crippen molar-refractivity contribution in [3.63, 3.8) is 0 Å². The Morgan fingerprint density at radius 1 is 1.32 bits per heavy atom. The summed E-state index contributed by atoms with van der Waals surface area (Å²) >= 11 is 0. The van der Waals surface area contributed by atoms with Gasteiger partial charge in [0.25, 0.3) is 0 Å². The van der Waals surface area contributed by atoms with E-state index in [-0.39, 0.29) is 24.1 Å². The predicted molar refractivity (Wildman–Crippen MR) is 94.5 cm³/mol. The van der Waals surface area contributed by atoms with E-state index >= 15 is 0 Å². The Morgan fingerprint density at radius 3 is 2.60 bits per heavy atom. The first-order chi connectivity index (χ1) is 12.0. The van der Waals surface area contributed by atoms with E-state index in [1.54, 1.807) is 23.9 Å². The molecule has 2 rings (SSSR count). The number of nitrogens with zero attached hydrogens (tertiary/aromatic N) is 3. The largest absolute Gasteiger partial charge is 0.486 e. The number of nitrogens with one attached hydrogen (secondary N) is 1. The van der Waals surface area contributed by atoms with E-state index in [0.29, 0.717) is 11.6 Å². The molecule has 0 bridgehead atoms. The molecule has 1 aromatic carbocycles. The third kappa shape index (κ3) is 5.52. The topological polar surface area (TPSA) is 112 Å². The Morgan fingerprint density at radius 2 is 2.04 bits per heavy atom. The van der Waals surface area contributed by atoms with Crippen LogP contribution in [0.15, 0.2) is 35.5 Å². The first-order valence-electron chi connectivity index (χ1n) is 8.24. The van der Waals surface area contributed by atoms with E-state index in [1.807, 2.05) is 0 Å². The quantitative estimate of drug-likeness (QED) is 0.652. The third-order valence-corrected chi connectivity index (χ3v) is 5.36. The molecule has 0 amide bonds. The molecule has 8 nitrogen and oxygen atoms in total. The Hall–Kier alpha value is -1.97. The number of rotatable bonds is 10. The number of aromatic nitrogens is 3. The van der Waals surface area contributed by atoms with E-state index in [1.165, 1.54) is 18.5 Å². The highest BCUT2D eigenvalue weighted by Gasteiger charge is 2.19. The van der Waals surface area contributed by atoms with Crippen LogP contribution in [-0.2, 0) is 23.7 Å². The Kier molecular flexibility index (Phi) is 6.91. The fraction of sp³-hybridized carbons (Fsp3) is 0.500. The minimum absolute atomic E-state index is 0.188. The number of aryl methyl sites for hydroxylation is 1. The average Bonchev–Trinajstić information content (AvgIpc) is 3.02.